The molecule has 4 rings (SSSR count). The summed E-state index contributed by atoms with van der Waals surface area (Å²) < 4.78 is 5.42. The maximum atomic E-state index is 9.43. The van der Waals surface area contributed by atoms with Gasteiger partial charge in [0.1, 0.15) is 5.82 Å². The first-order valence-electron chi connectivity index (χ1n) is 8.71. The summed E-state index contributed by atoms with van der Waals surface area (Å²) in [5.74, 6) is 1.14. The second-order valence-electron chi connectivity index (χ2n) is 6.09. The summed E-state index contributed by atoms with van der Waals surface area (Å²) in [6.45, 7) is 3.00. The zero-order valence-electron chi connectivity index (χ0n) is 14.7. The predicted molar refractivity (Wildman–Crippen MR) is 103 cm³/mol. The van der Waals surface area contributed by atoms with Crippen molar-refractivity contribution >= 4 is 17.5 Å². The lowest BCUT2D eigenvalue weighted by Gasteiger charge is -2.29. The molecule has 1 fully saturated rings. The second-order valence-corrected chi connectivity index (χ2v) is 6.09. The minimum atomic E-state index is 0.460. The standard InChI is InChI=1S/C20H18N6O/c21-14-15-11-16(13-17(12-15)26-7-9-27-10-8-26)18-4-6-23-20(24-18)25-19-3-1-2-5-22-19/h1-6,11-13H,7-10H2,(H,22,23,24,25). The third-order valence-electron chi connectivity index (χ3n) is 4.28. The molecule has 1 saturated heterocycles. The Hall–Kier alpha value is -3.50. The number of pyridine rings is 1. The van der Waals surface area contributed by atoms with E-state index in [4.69, 9.17) is 4.74 Å². The first-order valence-corrected chi connectivity index (χ1v) is 8.71. The van der Waals surface area contributed by atoms with Crippen molar-refractivity contribution in [3.05, 3.63) is 60.4 Å². The van der Waals surface area contributed by atoms with Crippen molar-refractivity contribution in [2.75, 3.05) is 36.5 Å². The van der Waals surface area contributed by atoms with Crippen LogP contribution in [-0.2, 0) is 4.74 Å². The Kier molecular flexibility index (Phi) is 4.90. The van der Waals surface area contributed by atoms with Gasteiger partial charge in [-0.2, -0.15) is 5.26 Å². The van der Waals surface area contributed by atoms with E-state index in [0.717, 1.165) is 30.0 Å². The molecular formula is C20H18N6O. The van der Waals surface area contributed by atoms with Gasteiger partial charge in [0.25, 0.3) is 0 Å². The number of aromatic nitrogens is 3. The summed E-state index contributed by atoms with van der Waals surface area (Å²) >= 11 is 0. The van der Waals surface area contributed by atoms with Crippen LogP contribution in [0.15, 0.2) is 54.9 Å². The van der Waals surface area contributed by atoms with Gasteiger partial charge in [0.15, 0.2) is 0 Å². The molecule has 0 aliphatic carbocycles. The number of hydrogen-bond donors (Lipinski definition) is 1. The monoisotopic (exact) mass is 358 g/mol. The quantitative estimate of drug-likeness (QED) is 0.767. The number of nitrogens with one attached hydrogen (secondary N) is 1. The van der Waals surface area contributed by atoms with Gasteiger partial charge in [0.05, 0.1) is 30.5 Å². The van der Waals surface area contributed by atoms with Gasteiger partial charge in [-0.15, -0.1) is 0 Å². The summed E-state index contributed by atoms with van der Waals surface area (Å²) in [5, 5.41) is 12.5. The fourth-order valence-corrected chi connectivity index (χ4v) is 2.96. The van der Waals surface area contributed by atoms with Crippen LogP contribution in [0.25, 0.3) is 11.3 Å². The molecule has 27 heavy (non-hydrogen) atoms. The average molecular weight is 358 g/mol. The summed E-state index contributed by atoms with van der Waals surface area (Å²) in [7, 11) is 0. The maximum absolute atomic E-state index is 9.43. The van der Waals surface area contributed by atoms with Crippen LogP contribution in [0.4, 0.5) is 17.5 Å². The Morgan fingerprint density at radius 3 is 2.70 bits per heavy atom. The first kappa shape index (κ1) is 16.9. The lowest BCUT2D eigenvalue weighted by atomic mass is 10.1. The lowest BCUT2D eigenvalue weighted by Crippen LogP contribution is -2.36. The van der Waals surface area contributed by atoms with Gasteiger partial charge >= 0.3 is 0 Å². The van der Waals surface area contributed by atoms with Crippen molar-refractivity contribution in [3.63, 3.8) is 0 Å². The van der Waals surface area contributed by atoms with E-state index < -0.39 is 0 Å². The average Bonchev–Trinajstić information content (AvgIpc) is 2.75. The number of nitriles is 1. The normalized spacial score (nSPS) is 13.8. The molecular weight excluding hydrogens is 340 g/mol. The van der Waals surface area contributed by atoms with Gasteiger partial charge in [-0.3, -0.25) is 0 Å². The van der Waals surface area contributed by atoms with Crippen LogP contribution < -0.4 is 10.2 Å². The molecule has 0 radical (unpaired) electrons. The summed E-state index contributed by atoms with van der Waals surface area (Å²) in [6.07, 6.45) is 3.40. The molecule has 0 bridgehead atoms. The van der Waals surface area contributed by atoms with E-state index in [9.17, 15) is 5.26 Å². The Labute approximate surface area is 157 Å². The molecule has 1 N–H and O–H groups in total. The van der Waals surface area contributed by atoms with Crippen molar-refractivity contribution < 1.29 is 4.74 Å². The van der Waals surface area contributed by atoms with Crippen molar-refractivity contribution in [3.8, 4) is 17.3 Å². The zero-order chi connectivity index (χ0) is 18.5. The van der Waals surface area contributed by atoms with Gasteiger partial charge in [-0.1, -0.05) is 6.07 Å². The van der Waals surface area contributed by atoms with Crippen LogP contribution in [0.5, 0.6) is 0 Å². The van der Waals surface area contributed by atoms with Gasteiger partial charge in [-0.25, -0.2) is 15.0 Å². The summed E-state index contributed by atoms with van der Waals surface area (Å²) in [6, 6.07) is 15.5. The maximum Gasteiger partial charge on any atom is 0.228 e. The van der Waals surface area contributed by atoms with Gasteiger partial charge in [0.2, 0.25) is 5.95 Å². The highest BCUT2D eigenvalue weighted by Gasteiger charge is 2.14. The molecule has 0 saturated carbocycles. The molecule has 0 spiro atoms. The predicted octanol–water partition coefficient (Wildman–Crippen LogP) is 2.99. The van der Waals surface area contributed by atoms with E-state index >= 15 is 0 Å². The Balaban J connectivity index is 1.66. The van der Waals surface area contributed by atoms with Crippen molar-refractivity contribution in [2.24, 2.45) is 0 Å². The van der Waals surface area contributed by atoms with Crippen LogP contribution >= 0.6 is 0 Å². The van der Waals surface area contributed by atoms with E-state index in [0.29, 0.717) is 30.5 Å². The largest absolute Gasteiger partial charge is 0.378 e. The highest BCUT2D eigenvalue weighted by molar-refractivity contribution is 5.69. The van der Waals surface area contributed by atoms with E-state index in [-0.39, 0.29) is 0 Å². The second kappa shape index (κ2) is 7.81. The van der Waals surface area contributed by atoms with E-state index in [1.807, 2.05) is 36.4 Å². The van der Waals surface area contributed by atoms with E-state index in [2.05, 4.69) is 37.3 Å². The SMILES string of the molecule is N#Cc1cc(-c2ccnc(Nc3ccccn3)n2)cc(N2CCOCC2)c1. The smallest absolute Gasteiger partial charge is 0.228 e. The molecule has 3 heterocycles. The number of benzene rings is 1. The van der Waals surface area contributed by atoms with E-state index in [1.54, 1.807) is 12.4 Å². The number of anilines is 3. The van der Waals surface area contributed by atoms with Crippen molar-refractivity contribution in [1.82, 2.24) is 15.0 Å². The Morgan fingerprint density at radius 1 is 1.04 bits per heavy atom. The molecule has 1 aliphatic rings. The van der Waals surface area contributed by atoms with Crippen LogP contribution in [-0.4, -0.2) is 41.3 Å². The number of rotatable bonds is 4. The fraction of sp³-hybridized carbons (Fsp3) is 0.200. The highest BCUT2D eigenvalue weighted by atomic mass is 16.5. The molecule has 2 aromatic heterocycles. The molecule has 7 nitrogen and oxygen atoms in total. The minimum Gasteiger partial charge on any atom is -0.378 e. The van der Waals surface area contributed by atoms with Gasteiger partial charge < -0.3 is 15.0 Å². The summed E-state index contributed by atoms with van der Waals surface area (Å²) in [4.78, 5) is 15.3. The molecule has 1 aromatic carbocycles. The Morgan fingerprint density at radius 2 is 1.93 bits per heavy atom. The Bertz CT molecular complexity index is 964. The summed E-state index contributed by atoms with van der Waals surface area (Å²) in [5.41, 5.74) is 3.23. The van der Waals surface area contributed by atoms with Crippen LogP contribution in [0, 0.1) is 11.3 Å². The van der Waals surface area contributed by atoms with E-state index in [1.165, 1.54) is 0 Å². The number of ether oxygens (including phenoxy) is 1. The molecule has 3 aromatic rings. The molecule has 134 valence electrons. The minimum absolute atomic E-state index is 0.460. The number of hydrogen-bond acceptors (Lipinski definition) is 7. The molecule has 0 unspecified atom stereocenters. The molecule has 0 atom stereocenters. The zero-order valence-corrected chi connectivity index (χ0v) is 14.7. The topological polar surface area (TPSA) is 87.0 Å². The number of morpholine rings is 1. The molecule has 7 heteroatoms. The molecule has 1 aliphatic heterocycles. The molecule has 0 amide bonds. The van der Waals surface area contributed by atoms with Crippen molar-refractivity contribution in [1.29, 1.82) is 5.26 Å². The third-order valence-corrected chi connectivity index (χ3v) is 4.28. The highest BCUT2D eigenvalue weighted by Crippen LogP contribution is 2.27. The lowest BCUT2D eigenvalue weighted by molar-refractivity contribution is 0.122. The third kappa shape index (κ3) is 4.02. The van der Waals surface area contributed by atoms with Crippen LogP contribution in [0.2, 0.25) is 0 Å². The van der Waals surface area contributed by atoms with Gasteiger partial charge in [0, 0.05) is 36.7 Å². The van der Waals surface area contributed by atoms with Crippen LogP contribution in [0.1, 0.15) is 5.56 Å². The number of nitrogens with zero attached hydrogens (tertiary/aromatic N) is 5. The van der Waals surface area contributed by atoms with Crippen molar-refractivity contribution in [2.45, 2.75) is 0 Å². The van der Waals surface area contributed by atoms with Gasteiger partial charge in [-0.05, 0) is 36.4 Å². The van der Waals surface area contributed by atoms with Crippen LogP contribution in [0.3, 0.4) is 0 Å². The fourth-order valence-electron chi connectivity index (χ4n) is 2.96. The first-order chi connectivity index (χ1) is 13.3.